The highest BCUT2D eigenvalue weighted by Crippen LogP contribution is 2.20. The van der Waals surface area contributed by atoms with E-state index >= 15 is 0 Å². The van der Waals surface area contributed by atoms with Crippen molar-refractivity contribution in [2.45, 2.75) is 52.7 Å². The van der Waals surface area contributed by atoms with Crippen molar-refractivity contribution in [3.8, 4) is 0 Å². The van der Waals surface area contributed by atoms with Crippen molar-refractivity contribution in [1.29, 1.82) is 0 Å². The van der Waals surface area contributed by atoms with Crippen molar-refractivity contribution < 1.29 is 9.84 Å². The van der Waals surface area contributed by atoms with Gasteiger partial charge in [-0.2, -0.15) is 0 Å². The highest BCUT2D eigenvalue weighted by atomic mass is 16.5. The van der Waals surface area contributed by atoms with Gasteiger partial charge in [-0.25, -0.2) is 0 Å². The average molecular weight is 174 g/mol. The van der Waals surface area contributed by atoms with Crippen molar-refractivity contribution in [3.63, 3.8) is 0 Å². The highest BCUT2D eigenvalue weighted by Gasteiger charge is 2.28. The lowest BCUT2D eigenvalue weighted by molar-refractivity contribution is -0.102. The van der Waals surface area contributed by atoms with Crippen molar-refractivity contribution in [3.05, 3.63) is 0 Å². The van der Waals surface area contributed by atoms with Gasteiger partial charge in [-0.3, -0.25) is 0 Å². The van der Waals surface area contributed by atoms with Gasteiger partial charge in [0.05, 0.1) is 11.7 Å². The van der Waals surface area contributed by atoms with Gasteiger partial charge in [0.1, 0.15) is 0 Å². The van der Waals surface area contributed by atoms with Crippen molar-refractivity contribution in [1.82, 2.24) is 0 Å². The van der Waals surface area contributed by atoms with Crippen LogP contribution in [0.3, 0.4) is 0 Å². The van der Waals surface area contributed by atoms with Gasteiger partial charge in [-0.15, -0.1) is 0 Å². The van der Waals surface area contributed by atoms with Crippen LogP contribution in [0.15, 0.2) is 0 Å². The van der Waals surface area contributed by atoms with Gasteiger partial charge in [0, 0.05) is 6.61 Å². The summed E-state index contributed by atoms with van der Waals surface area (Å²) in [5.74, 6) is 0.514. The number of aliphatic hydroxyl groups is 1. The summed E-state index contributed by atoms with van der Waals surface area (Å²) in [6.07, 6.45) is 0.435. The van der Waals surface area contributed by atoms with Gasteiger partial charge >= 0.3 is 0 Å². The van der Waals surface area contributed by atoms with Crippen LogP contribution in [0.2, 0.25) is 0 Å². The fourth-order valence-electron chi connectivity index (χ4n) is 1.20. The van der Waals surface area contributed by atoms with E-state index in [-0.39, 0.29) is 6.10 Å². The zero-order chi connectivity index (χ0) is 9.78. The third-order valence-corrected chi connectivity index (χ3v) is 2.01. The molecule has 2 heteroatoms. The second-order valence-corrected chi connectivity index (χ2v) is 4.18. The standard InChI is InChI=1S/C10H22O2/c1-6-12-10(4,5)9(11)7-8(2)3/h8-9,11H,6-7H2,1-5H3. The summed E-state index contributed by atoms with van der Waals surface area (Å²) in [5.41, 5.74) is -0.404. The van der Waals surface area contributed by atoms with E-state index in [1.807, 2.05) is 20.8 Å². The summed E-state index contributed by atoms with van der Waals surface area (Å²) >= 11 is 0. The summed E-state index contributed by atoms with van der Waals surface area (Å²) in [5, 5.41) is 9.75. The molecule has 0 amide bonds. The SMILES string of the molecule is CCOC(C)(C)C(O)CC(C)C. The molecule has 0 aromatic heterocycles. The fraction of sp³-hybridized carbons (Fsp3) is 1.00. The molecule has 0 bridgehead atoms. The largest absolute Gasteiger partial charge is 0.390 e. The van der Waals surface area contributed by atoms with Crippen LogP contribution >= 0.6 is 0 Å². The summed E-state index contributed by atoms with van der Waals surface area (Å²) in [4.78, 5) is 0. The Hall–Kier alpha value is -0.0800. The second kappa shape index (κ2) is 4.83. The van der Waals surface area contributed by atoms with Crippen LogP contribution in [-0.4, -0.2) is 23.4 Å². The van der Waals surface area contributed by atoms with Crippen LogP contribution in [0.5, 0.6) is 0 Å². The van der Waals surface area contributed by atoms with E-state index in [0.717, 1.165) is 6.42 Å². The van der Waals surface area contributed by atoms with Gasteiger partial charge in [0.2, 0.25) is 0 Å². The zero-order valence-electron chi connectivity index (χ0n) is 8.92. The molecule has 1 N–H and O–H groups in total. The molecule has 0 saturated heterocycles. The molecule has 0 aromatic carbocycles. The Kier molecular flexibility index (Phi) is 4.80. The molecule has 0 heterocycles. The van der Waals surface area contributed by atoms with E-state index in [2.05, 4.69) is 13.8 Å². The van der Waals surface area contributed by atoms with Crippen LogP contribution in [0.25, 0.3) is 0 Å². The predicted octanol–water partition coefficient (Wildman–Crippen LogP) is 2.21. The Bertz CT molecular complexity index is 119. The normalized spacial score (nSPS) is 15.2. The first-order valence-electron chi connectivity index (χ1n) is 4.72. The smallest absolute Gasteiger partial charge is 0.0884 e. The minimum absolute atomic E-state index is 0.363. The van der Waals surface area contributed by atoms with Crippen LogP contribution in [0, 0.1) is 5.92 Å². The lowest BCUT2D eigenvalue weighted by Crippen LogP contribution is -2.39. The Morgan fingerprint density at radius 3 is 2.17 bits per heavy atom. The molecule has 0 fully saturated rings. The van der Waals surface area contributed by atoms with E-state index < -0.39 is 5.60 Å². The molecular weight excluding hydrogens is 152 g/mol. The Morgan fingerprint density at radius 1 is 1.33 bits per heavy atom. The third-order valence-electron chi connectivity index (χ3n) is 2.01. The molecule has 0 spiro atoms. The molecule has 0 saturated carbocycles. The molecule has 0 aromatic rings. The number of rotatable bonds is 5. The number of ether oxygens (including phenoxy) is 1. The maximum absolute atomic E-state index is 9.75. The third kappa shape index (κ3) is 4.07. The topological polar surface area (TPSA) is 29.5 Å². The van der Waals surface area contributed by atoms with Gasteiger partial charge in [0.25, 0.3) is 0 Å². The minimum Gasteiger partial charge on any atom is -0.390 e. The monoisotopic (exact) mass is 174 g/mol. The molecule has 0 radical (unpaired) electrons. The van der Waals surface area contributed by atoms with Gasteiger partial charge < -0.3 is 9.84 Å². The Labute approximate surface area is 75.9 Å². The molecule has 1 atom stereocenters. The molecule has 0 aliphatic rings. The maximum Gasteiger partial charge on any atom is 0.0884 e. The summed E-state index contributed by atoms with van der Waals surface area (Å²) in [6.45, 7) is 10.7. The molecule has 0 rings (SSSR count). The minimum atomic E-state index is -0.404. The highest BCUT2D eigenvalue weighted by molar-refractivity contribution is 4.79. The van der Waals surface area contributed by atoms with E-state index in [1.165, 1.54) is 0 Å². The summed E-state index contributed by atoms with van der Waals surface area (Å²) < 4.78 is 5.44. The van der Waals surface area contributed by atoms with Crippen LogP contribution in [0.4, 0.5) is 0 Å². The molecule has 74 valence electrons. The lowest BCUT2D eigenvalue weighted by atomic mass is 9.93. The first kappa shape index (κ1) is 11.9. The predicted molar refractivity (Wildman–Crippen MR) is 51.2 cm³/mol. The number of hydrogen-bond donors (Lipinski definition) is 1. The Balaban J connectivity index is 3.96. The summed E-state index contributed by atoms with van der Waals surface area (Å²) in [6, 6.07) is 0. The molecule has 12 heavy (non-hydrogen) atoms. The van der Waals surface area contributed by atoms with E-state index in [0.29, 0.717) is 12.5 Å². The first-order chi connectivity index (χ1) is 5.40. The lowest BCUT2D eigenvalue weighted by Gasteiger charge is -2.31. The van der Waals surface area contributed by atoms with Crippen molar-refractivity contribution >= 4 is 0 Å². The van der Waals surface area contributed by atoms with Gasteiger partial charge in [-0.1, -0.05) is 13.8 Å². The molecule has 1 unspecified atom stereocenters. The first-order valence-corrected chi connectivity index (χ1v) is 4.72. The Morgan fingerprint density at radius 2 is 1.83 bits per heavy atom. The maximum atomic E-state index is 9.75. The molecular formula is C10H22O2. The van der Waals surface area contributed by atoms with Crippen LogP contribution in [0.1, 0.15) is 41.0 Å². The van der Waals surface area contributed by atoms with Gasteiger partial charge in [0.15, 0.2) is 0 Å². The van der Waals surface area contributed by atoms with Crippen molar-refractivity contribution in [2.24, 2.45) is 5.92 Å². The van der Waals surface area contributed by atoms with E-state index in [1.54, 1.807) is 0 Å². The van der Waals surface area contributed by atoms with Gasteiger partial charge in [-0.05, 0) is 33.1 Å². The number of hydrogen-bond acceptors (Lipinski definition) is 2. The van der Waals surface area contributed by atoms with Crippen LogP contribution < -0.4 is 0 Å². The number of aliphatic hydroxyl groups excluding tert-OH is 1. The summed E-state index contributed by atoms with van der Waals surface area (Å²) in [7, 11) is 0. The fourth-order valence-corrected chi connectivity index (χ4v) is 1.20. The van der Waals surface area contributed by atoms with E-state index in [4.69, 9.17) is 4.74 Å². The molecule has 0 aliphatic carbocycles. The average Bonchev–Trinajstić information content (AvgIpc) is 1.85. The van der Waals surface area contributed by atoms with E-state index in [9.17, 15) is 5.11 Å². The quantitative estimate of drug-likeness (QED) is 0.692. The molecule has 2 nitrogen and oxygen atoms in total. The second-order valence-electron chi connectivity index (χ2n) is 4.18. The molecule has 0 aliphatic heterocycles. The zero-order valence-corrected chi connectivity index (χ0v) is 8.92. The van der Waals surface area contributed by atoms with Crippen LogP contribution in [-0.2, 0) is 4.74 Å². The van der Waals surface area contributed by atoms with Crippen molar-refractivity contribution in [2.75, 3.05) is 6.61 Å².